The van der Waals surface area contributed by atoms with Crippen molar-refractivity contribution in [3.05, 3.63) is 29.3 Å². The van der Waals surface area contributed by atoms with Crippen molar-refractivity contribution in [1.29, 1.82) is 0 Å². The van der Waals surface area contributed by atoms with Crippen LogP contribution in [0.5, 0.6) is 5.75 Å². The molecule has 2 aliphatic rings. The monoisotopic (exact) mass is 398 g/mol. The first-order valence-electron chi connectivity index (χ1n) is 10.6. The Balaban J connectivity index is 1.48. The molecule has 0 bridgehead atoms. The summed E-state index contributed by atoms with van der Waals surface area (Å²) in [5, 5.41) is 0. The predicted molar refractivity (Wildman–Crippen MR) is 103 cm³/mol. The molecular weight excluding hydrogens is 366 g/mol. The molecule has 2 unspecified atom stereocenters. The van der Waals surface area contributed by atoms with Crippen LogP contribution in [-0.4, -0.2) is 38.8 Å². The zero-order valence-corrected chi connectivity index (χ0v) is 16.9. The number of unbranched alkanes of at least 4 members (excludes halogenated alkanes) is 2. The Morgan fingerprint density at radius 2 is 1.75 bits per heavy atom. The van der Waals surface area contributed by atoms with E-state index < -0.39 is 11.6 Å². The topological polar surface area (TPSA) is 36.9 Å². The zero-order valence-electron chi connectivity index (χ0n) is 16.9. The van der Waals surface area contributed by atoms with Gasteiger partial charge in [0.05, 0.1) is 32.5 Å². The SMILES string of the molecule is CCCCCC1CCC(C2OCC(c3ccc(OCC)c(F)c3F)CO2)CO1. The van der Waals surface area contributed by atoms with Crippen molar-refractivity contribution in [2.24, 2.45) is 5.92 Å². The van der Waals surface area contributed by atoms with Crippen LogP contribution in [0.2, 0.25) is 0 Å². The van der Waals surface area contributed by atoms with E-state index in [4.69, 9.17) is 18.9 Å². The molecule has 2 saturated heterocycles. The van der Waals surface area contributed by atoms with Gasteiger partial charge in [-0.25, -0.2) is 4.39 Å². The van der Waals surface area contributed by atoms with Gasteiger partial charge >= 0.3 is 0 Å². The molecule has 2 aliphatic heterocycles. The van der Waals surface area contributed by atoms with Crippen molar-refractivity contribution in [3.63, 3.8) is 0 Å². The van der Waals surface area contributed by atoms with Crippen LogP contribution in [0, 0.1) is 17.6 Å². The molecule has 4 nitrogen and oxygen atoms in total. The third kappa shape index (κ3) is 5.22. The lowest BCUT2D eigenvalue weighted by molar-refractivity contribution is -0.231. The van der Waals surface area contributed by atoms with Crippen molar-refractivity contribution in [2.45, 2.75) is 70.7 Å². The third-order valence-electron chi connectivity index (χ3n) is 5.66. The highest BCUT2D eigenvalue weighted by Crippen LogP contribution is 2.33. The minimum absolute atomic E-state index is 0.0629. The minimum atomic E-state index is -0.948. The maximum absolute atomic E-state index is 14.4. The molecule has 158 valence electrons. The Hall–Kier alpha value is -1.24. The average molecular weight is 398 g/mol. The van der Waals surface area contributed by atoms with E-state index in [2.05, 4.69) is 6.92 Å². The molecule has 0 spiro atoms. The molecule has 0 radical (unpaired) electrons. The number of hydrogen-bond acceptors (Lipinski definition) is 4. The molecule has 2 fully saturated rings. The van der Waals surface area contributed by atoms with Crippen LogP contribution < -0.4 is 4.74 Å². The van der Waals surface area contributed by atoms with Gasteiger partial charge in [-0.3, -0.25) is 0 Å². The largest absolute Gasteiger partial charge is 0.491 e. The first kappa shape index (κ1) is 21.5. The molecule has 0 amide bonds. The van der Waals surface area contributed by atoms with Gasteiger partial charge in [-0.1, -0.05) is 32.3 Å². The summed E-state index contributed by atoms with van der Waals surface area (Å²) < 4.78 is 51.4. The highest BCUT2D eigenvalue weighted by Gasteiger charge is 2.34. The molecule has 6 heteroatoms. The van der Waals surface area contributed by atoms with E-state index in [1.165, 1.54) is 25.3 Å². The van der Waals surface area contributed by atoms with Gasteiger partial charge in [0.15, 0.2) is 17.9 Å². The predicted octanol–water partition coefficient (Wildman–Crippen LogP) is 5.20. The summed E-state index contributed by atoms with van der Waals surface area (Å²) in [4.78, 5) is 0. The Kier molecular flexibility index (Phi) is 8.06. The summed E-state index contributed by atoms with van der Waals surface area (Å²) in [6.07, 6.45) is 6.87. The van der Waals surface area contributed by atoms with Crippen LogP contribution in [0.25, 0.3) is 0 Å². The minimum Gasteiger partial charge on any atom is -0.491 e. The molecular formula is C22H32F2O4. The number of rotatable bonds is 8. The first-order valence-corrected chi connectivity index (χ1v) is 10.6. The Morgan fingerprint density at radius 3 is 2.39 bits per heavy atom. The van der Waals surface area contributed by atoms with Gasteiger partial charge in [0.25, 0.3) is 0 Å². The second-order valence-corrected chi connectivity index (χ2v) is 7.73. The van der Waals surface area contributed by atoms with Gasteiger partial charge in [0.1, 0.15) is 0 Å². The van der Waals surface area contributed by atoms with E-state index in [9.17, 15) is 8.78 Å². The summed E-state index contributed by atoms with van der Waals surface area (Å²) in [5.41, 5.74) is 0.273. The van der Waals surface area contributed by atoms with Gasteiger partial charge < -0.3 is 18.9 Å². The van der Waals surface area contributed by atoms with E-state index in [1.54, 1.807) is 13.0 Å². The van der Waals surface area contributed by atoms with E-state index in [0.717, 1.165) is 19.3 Å². The molecule has 28 heavy (non-hydrogen) atoms. The molecule has 0 saturated carbocycles. The van der Waals surface area contributed by atoms with Gasteiger partial charge in [-0.05, 0) is 37.8 Å². The summed E-state index contributed by atoms with van der Waals surface area (Å²) >= 11 is 0. The summed E-state index contributed by atoms with van der Waals surface area (Å²) in [7, 11) is 0. The fourth-order valence-electron chi connectivity index (χ4n) is 3.99. The van der Waals surface area contributed by atoms with Crippen LogP contribution >= 0.6 is 0 Å². The highest BCUT2D eigenvalue weighted by molar-refractivity contribution is 5.33. The van der Waals surface area contributed by atoms with Crippen LogP contribution in [0.3, 0.4) is 0 Å². The van der Waals surface area contributed by atoms with E-state index >= 15 is 0 Å². The molecule has 0 aromatic heterocycles. The summed E-state index contributed by atoms with van der Waals surface area (Å²) in [5.74, 6) is -2.01. The van der Waals surface area contributed by atoms with E-state index in [1.807, 2.05) is 0 Å². The maximum Gasteiger partial charge on any atom is 0.200 e. The summed E-state index contributed by atoms with van der Waals surface area (Å²) in [6.45, 7) is 5.48. The average Bonchev–Trinajstić information content (AvgIpc) is 2.73. The Labute approximate surface area is 166 Å². The number of hydrogen-bond donors (Lipinski definition) is 0. The lowest BCUT2D eigenvalue weighted by atomic mass is 9.94. The smallest absolute Gasteiger partial charge is 0.200 e. The second kappa shape index (κ2) is 10.5. The fourth-order valence-corrected chi connectivity index (χ4v) is 3.99. The zero-order chi connectivity index (χ0) is 19.9. The molecule has 1 aromatic carbocycles. The molecule has 3 rings (SSSR count). The number of halogens is 2. The van der Waals surface area contributed by atoms with Crippen LogP contribution in [-0.2, 0) is 14.2 Å². The second-order valence-electron chi connectivity index (χ2n) is 7.73. The van der Waals surface area contributed by atoms with Gasteiger partial charge in [-0.15, -0.1) is 0 Å². The van der Waals surface area contributed by atoms with Crippen molar-refractivity contribution in [2.75, 3.05) is 26.4 Å². The van der Waals surface area contributed by atoms with Crippen molar-refractivity contribution < 1.29 is 27.7 Å². The quantitative estimate of drug-likeness (QED) is 0.565. The van der Waals surface area contributed by atoms with Crippen molar-refractivity contribution >= 4 is 0 Å². The van der Waals surface area contributed by atoms with Gasteiger partial charge in [0.2, 0.25) is 5.82 Å². The van der Waals surface area contributed by atoms with E-state index in [0.29, 0.717) is 25.9 Å². The van der Waals surface area contributed by atoms with Crippen molar-refractivity contribution in [3.8, 4) is 5.75 Å². The highest BCUT2D eigenvalue weighted by atomic mass is 19.2. The number of ether oxygens (including phenoxy) is 4. The van der Waals surface area contributed by atoms with Crippen LogP contribution in [0.15, 0.2) is 12.1 Å². The third-order valence-corrected chi connectivity index (χ3v) is 5.66. The van der Waals surface area contributed by atoms with Crippen LogP contribution in [0.4, 0.5) is 8.78 Å². The molecule has 2 atom stereocenters. The standard InChI is InChI=1S/C22H32F2O4/c1-3-5-6-7-17-9-8-15(12-26-17)22-27-13-16(14-28-22)18-10-11-19(25-4-2)21(24)20(18)23/h10-11,15-17,22H,3-9,12-14H2,1-2H3. The first-order chi connectivity index (χ1) is 13.6. The molecule has 2 heterocycles. The van der Waals surface area contributed by atoms with Gasteiger partial charge in [0, 0.05) is 11.8 Å². The lowest BCUT2D eigenvalue weighted by Crippen LogP contribution is -2.41. The van der Waals surface area contributed by atoms with Crippen molar-refractivity contribution in [1.82, 2.24) is 0 Å². The normalized spacial score (nSPS) is 28.3. The maximum atomic E-state index is 14.4. The molecule has 1 aromatic rings. The Morgan fingerprint density at radius 1 is 0.964 bits per heavy atom. The Bertz CT molecular complexity index is 609. The molecule has 0 N–H and O–H groups in total. The number of benzene rings is 1. The lowest BCUT2D eigenvalue weighted by Gasteiger charge is -2.37. The van der Waals surface area contributed by atoms with E-state index in [-0.39, 0.29) is 36.0 Å². The summed E-state index contributed by atoms with van der Waals surface area (Å²) in [6, 6.07) is 3.03. The van der Waals surface area contributed by atoms with Gasteiger partial charge in [-0.2, -0.15) is 4.39 Å². The fraction of sp³-hybridized carbons (Fsp3) is 0.727. The molecule has 0 aliphatic carbocycles. The van der Waals surface area contributed by atoms with Crippen LogP contribution in [0.1, 0.15) is 63.9 Å².